The van der Waals surface area contributed by atoms with Crippen molar-refractivity contribution < 1.29 is 4.79 Å². The van der Waals surface area contributed by atoms with E-state index in [0.29, 0.717) is 11.9 Å². The van der Waals surface area contributed by atoms with Crippen LogP contribution in [0.5, 0.6) is 0 Å². The zero-order chi connectivity index (χ0) is 17.1. The van der Waals surface area contributed by atoms with Gasteiger partial charge in [0.15, 0.2) is 5.43 Å². The molecular formula is C19H19N3O2. The molecular weight excluding hydrogens is 302 g/mol. The van der Waals surface area contributed by atoms with Gasteiger partial charge in [0.25, 0.3) is 0 Å². The van der Waals surface area contributed by atoms with Crippen LogP contribution in [0.1, 0.15) is 16.7 Å². The van der Waals surface area contributed by atoms with Crippen LogP contribution in [0.4, 0.5) is 0 Å². The van der Waals surface area contributed by atoms with Gasteiger partial charge in [0.1, 0.15) is 6.54 Å². The van der Waals surface area contributed by atoms with Crippen LogP contribution in [0, 0.1) is 13.8 Å². The normalized spacial score (nSPS) is 10.8. The van der Waals surface area contributed by atoms with E-state index < -0.39 is 0 Å². The molecule has 0 atom stereocenters. The standard InChI is InChI=1S/C19H19N3O2/c1-13-8-14(2)19-16(9-13)22(7-5-17(19)23)12-18(24)21-11-15-4-3-6-20-10-15/h3-10H,11-12H2,1-2H3,(H,21,24). The molecule has 122 valence electrons. The number of benzene rings is 1. The lowest BCUT2D eigenvalue weighted by Crippen LogP contribution is -2.27. The molecule has 0 bridgehead atoms. The fraction of sp³-hybridized carbons (Fsp3) is 0.211. The molecule has 0 unspecified atom stereocenters. The van der Waals surface area contributed by atoms with Crippen molar-refractivity contribution in [1.29, 1.82) is 0 Å². The van der Waals surface area contributed by atoms with Gasteiger partial charge in [-0.2, -0.15) is 0 Å². The lowest BCUT2D eigenvalue weighted by atomic mass is 10.1. The molecule has 24 heavy (non-hydrogen) atoms. The van der Waals surface area contributed by atoms with E-state index in [2.05, 4.69) is 10.3 Å². The third-order valence-electron chi connectivity index (χ3n) is 3.95. The molecule has 1 aromatic carbocycles. The lowest BCUT2D eigenvalue weighted by Gasteiger charge is -2.13. The molecule has 0 radical (unpaired) electrons. The molecule has 0 fully saturated rings. The van der Waals surface area contributed by atoms with Crippen LogP contribution < -0.4 is 10.7 Å². The zero-order valence-electron chi connectivity index (χ0n) is 13.7. The molecule has 0 aliphatic heterocycles. The Kier molecular flexibility index (Phi) is 4.42. The van der Waals surface area contributed by atoms with Crippen molar-refractivity contribution in [1.82, 2.24) is 14.9 Å². The summed E-state index contributed by atoms with van der Waals surface area (Å²) in [7, 11) is 0. The summed E-state index contributed by atoms with van der Waals surface area (Å²) in [5.74, 6) is -0.108. The Balaban J connectivity index is 1.83. The monoisotopic (exact) mass is 321 g/mol. The first-order valence-electron chi connectivity index (χ1n) is 7.80. The third-order valence-corrected chi connectivity index (χ3v) is 3.95. The Hall–Kier alpha value is -2.95. The number of aromatic nitrogens is 2. The van der Waals surface area contributed by atoms with Gasteiger partial charge in [0, 0.05) is 36.6 Å². The van der Waals surface area contributed by atoms with Crippen molar-refractivity contribution in [3.63, 3.8) is 0 Å². The highest BCUT2D eigenvalue weighted by atomic mass is 16.2. The Morgan fingerprint density at radius 1 is 1.25 bits per heavy atom. The van der Waals surface area contributed by atoms with Gasteiger partial charge in [-0.3, -0.25) is 14.6 Å². The van der Waals surface area contributed by atoms with E-state index in [1.807, 2.05) is 42.7 Å². The summed E-state index contributed by atoms with van der Waals surface area (Å²) in [5.41, 5.74) is 3.71. The summed E-state index contributed by atoms with van der Waals surface area (Å²) >= 11 is 0. The quantitative estimate of drug-likeness (QED) is 0.802. The number of hydrogen-bond acceptors (Lipinski definition) is 3. The molecule has 0 saturated heterocycles. The van der Waals surface area contributed by atoms with Crippen molar-refractivity contribution in [2.24, 2.45) is 0 Å². The van der Waals surface area contributed by atoms with Crippen LogP contribution >= 0.6 is 0 Å². The highest BCUT2D eigenvalue weighted by Gasteiger charge is 2.09. The van der Waals surface area contributed by atoms with Crippen LogP contribution in [-0.4, -0.2) is 15.5 Å². The summed E-state index contributed by atoms with van der Waals surface area (Å²) in [4.78, 5) is 28.4. The van der Waals surface area contributed by atoms with E-state index in [4.69, 9.17) is 0 Å². The number of aryl methyl sites for hydroxylation is 2. The summed E-state index contributed by atoms with van der Waals surface area (Å²) in [6, 6.07) is 9.19. The molecule has 0 aliphatic rings. The number of hydrogen-bond donors (Lipinski definition) is 1. The first-order chi connectivity index (χ1) is 11.5. The third kappa shape index (κ3) is 3.35. The minimum Gasteiger partial charge on any atom is -0.350 e. The van der Waals surface area contributed by atoms with Crippen LogP contribution in [0.25, 0.3) is 10.9 Å². The Morgan fingerprint density at radius 3 is 2.83 bits per heavy atom. The minimum atomic E-state index is -0.108. The topological polar surface area (TPSA) is 64.0 Å². The average molecular weight is 321 g/mol. The van der Waals surface area contributed by atoms with Crippen LogP contribution in [0.3, 0.4) is 0 Å². The smallest absolute Gasteiger partial charge is 0.240 e. The van der Waals surface area contributed by atoms with Gasteiger partial charge in [-0.25, -0.2) is 0 Å². The number of pyridine rings is 2. The molecule has 2 heterocycles. The van der Waals surface area contributed by atoms with Crippen molar-refractivity contribution >= 4 is 16.8 Å². The Labute approximate surface area is 140 Å². The first-order valence-corrected chi connectivity index (χ1v) is 7.80. The van der Waals surface area contributed by atoms with Crippen molar-refractivity contribution in [2.45, 2.75) is 26.9 Å². The summed E-state index contributed by atoms with van der Waals surface area (Å²) in [6.45, 7) is 4.50. The number of fused-ring (bicyclic) bond motifs is 1. The van der Waals surface area contributed by atoms with Gasteiger partial charge in [0.05, 0.1) is 5.52 Å². The fourth-order valence-corrected chi connectivity index (χ4v) is 2.87. The van der Waals surface area contributed by atoms with Crippen LogP contribution in [0.15, 0.2) is 53.7 Å². The highest BCUT2D eigenvalue weighted by molar-refractivity contribution is 5.85. The molecule has 0 saturated carbocycles. The highest BCUT2D eigenvalue weighted by Crippen LogP contribution is 2.17. The van der Waals surface area contributed by atoms with E-state index in [-0.39, 0.29) is 17.9 Å². The molecule has 1 amide bonds. The van der Waals surface area contributed by atoms with E-state index in [1.165, 1.54) is 6.07 Å². The number of nitrogens with one attached hydrogen (secondary N) is 1. The number of carbonyl (C=O) groups excluding carboxylic acids is 1. The molecule has 5 nitrogen and oxygen atoms in total. The van der Waals surface area contributed by atoms with E-state index in [0.717, 1.165) is 22.2 Å². The van der Waals surface area contributed by atoms with Gasteiger partial charge in [-0.15, -0.1) is 0 Å². The molecule has 3 aromatic rings. The van der Waals surface area contributed by atoms with E-state index in [1.54, 1.807) is 18.6 Å². The molecule has 2 aromatic heterocycles. The van der Waals surface area contributed by atoms with E-state index >= 15 is 0 Å². The zero-order valence-corrected chi connectivity index (χ0v) is 13.7. The SMILES string of the molecule is Cc1cc(C)c2c(=O)ccn(CC(=O)NCc3cccnc3)c2c1. The minimum absolute atomic E-state index is 0.0190. The average Bonchev–Trinajstić information content (AvgIpc) is 2.56. The fourth-order valence-electron chi connectivity index (χ4n) is 2.87. The predicted octanol–water partition coefficient (Wildman–Crippen LogP) is 2.33. The summed E-state index contributed by atoms with van der Waals surface area (Å²) in [5, 5.41) is 3.55. The van der Waals surface area contributed by atoms with Crippen molar-refractivity contribution in [3.05, 3.63) is 75.8 Å². The number of amides is 1. The second kappa shape index (κ2) is 6.66. The summed E-state index contributed by atoms with van der Waals surface area (Å²) < 4.78 is 1.81. The van der Waals surface area contributed by atoms with Gasteiger partial charge >= 0.3 is 0 Å². The largest absolute Gasteiger partial charge is 0.350 e. The second-order valence-corrected chi connectivity index (χ2v) is 5.92. The van der Waals surface area contributed by atoms with Gasteiger partial charge in [0.2, 0.25) is 5.91 Å². The van der Waals surface area contributed by atoms with Crippen LogP contribution in [0.2, 0.25) is 0 Å². The van der Waals surface area contributed by atoms with Crippen molar-refractivity contribution in [2.75, 3.05) is 0 Å². The molecule has 1 N–H and O–H groups in total. The number of carbonyl (C=O) groups is 1. The second-order valence-electron chi connectivity index (χ2n) is 5.92. The maximum absolute atomic E-state index is 12.3. The predicted molar refractivity (Wildman–Crippen MR) is 93.8 cm³/mol. The molecule has 0 spiro atoms. The Morgan fingerprint density at radius 2 is 2.08 bits per heavy atom. The maximum atomic E-state index is 12.3. The first kappa shape index (κ1) is 15.9. The van der Waals surface area contributed by atoms with Gasteiger partial charge in [-0.05, 0) is 42.7 Å². The maximum Gasteiger partial charge on any atom is 0.240 e. The van der Waals surface area contributed by atoms with Crippen molar-refractivity contribution in [3.8, 4) is 0 Å². The molecule has 0 aliphatic carbocycles. The lowest BCUT2D eigenvalue weighted by molar-refractivity contribution is -0.121. The van der Waals surface area contributed by atoms with Gasteiger partial charge in [-0.1, -0.05) is 12.1 Å². The Bertz CT molecular complexity index is 946. The summed E-state index contributed by atoms with van der Waals surface area (Å²) in [6.07, 6.45) is 5.09. The molecule has 5 heteroatoms. The van der Waals surface area contributed by atoms with Crippen LogP contribution in [-0.2, 0) is 17.9 Å². The van der Waals surface area contributed by atoms with Gasteiger partial charge < -0.3 is 9.88 Å². The van der Waals surface area contributed by atoms with E-state index in [9.17, 15) is 9.59 Å². The molecule has 3 rings (SSSR count). The number of nitrogens with zero attached hydrogens (tertiary/aromatic N) is 2. The number of rotatable bonds is 4.